The van der Waals surface area contributed by atoms with Gasteiger partial charge >= 0.3 is 0 Å². The third-order valence-corrected chi connectivity index (χ3v) is 6.04. The van der Waals surface area contributed by atoms with Crippen LogP contribution in [0, 0.1) is 6.92 Å². The van der Waals surface area contributed by atoms with Gasteiger partial charge in [-0.25, -0.2) is 0 Å². The van der Waals surface area contributed by atoms with Gasteiger partial charge in [-0.2, -0.15) is 9.61 Å². The number of hydrogen-bond donors (Lipinski definition) is 2. The molecule has 2 aromatic heterocycles. The van der Waals surface area contributed by atoms with E-state index in [-0.39, 0.29) is 11.0 Å². The Labute approximate surface area is 199 Å². The van der Waals surface area contributed by atoms with E-state index in [1.807, 2.05) is 44.2 Å². The summed E-state index contributed by atoms with van der Waals surface area (Å²) >= 11 is 12.7. The van der Waals surface area contributed by atoms with Crippen LogP contribution in [0.1, 0.15) is 23.9 Å². The molecule has 4 aromatic rings. The molecule has 0 fully saturated rings. The number of fused-ring (bicyclic) bond motifs is 1. The van der Waals surface area contributed by atoms with Crippen LogP contribution in [-0.4, -0.2) is 30.8 Å². The molecular formula is C22H19ClN6OS2. The molecule has 0 aliphatic heterocycles. The number of thiocarbonyl (C=S) groups is 1. The number of amides is 1. The van der Waals surface area contributed by atoms with Gasteiger partial charge in [0.05, 0.1) is 0 Å². The Balaban J connectivity index is 1.45. The fraction of sp³-hybridized carbons (Fsp3) is 0.136. The van der Waals surface area contributed by atoms with E-state index in [9.17, 15) is 4.79 Å². The van der Waals surface area contributed by atoms with Gasteiger partial charge in [-0.15, -0.1) is 10.2 Å². The normalized spacial score (nSPS) is 11.2. The summed E-state index contributed by atoms with van der Waals surface area (Å²) in [5, 5.41) is 20.4. The second-order valence-corrected chi connectivity index (χ2v) is 8.73. The number of benzene rings is 2. The summed E-state index contributed by atoms with van der Waals surface area (Å²) < 4.78 is 1.77. The summed E-state index contributed by atoms with van der Waals surface area (Å²) in [5.74, 6) is 0.496. The number of nitrogens with zero attached hydrogens (tertiary/aromatic N) is 4. The van der Waals surface area contributed by atoms with Crippen molar-refractivity contribution in [3.05, 3.63) is 70.5 Å². The number of anilines is 1. The Morgan fingerprint density at radius 1 is 1.22 bits per heavy atom. The van der Waals surface area contributed by atoms with Gasteiger partial charge in [0.1, 0.15) is 5.01 Å². The molecule has 1 amide bonds. The summed E-state index contributed by atoms with van der Waals surface area (Å²) in [4.78, 5) is 13.0. The first-order chi connectivity index (χ1) is 15.4. The highest BCUT2D eigenvalue weighted by atomic mass is 35.5. The minimum Gasteiger partial charge on any atom is -0.332 e. The maximum absolute atomic E-state index is 12.2. The first-order valence-electron chi connectivity index (χ1n) is 9.80. The summed E-state index contributed by atoms with van der Waals surface area (Å²) in [7, 11) is 0. The van der Waals surface area contributed by atoms with Crippen LogP contribution in [-0.2, 0) is 11.2 Å². The van der Waals surface area contributed by atoms with Crippen LogP contribution < -0.4 is 10.6 Å². The van der Waals surface area contributed by atoms with E-state index in [2.05, 4.69) is 25.9 Å². The summed E-state index contributed by atoms with van der Waals surface area (Å²) in [6.45, 7) is 3.98. The molecule has 0 saturated heterocycles. The van der Waals surface area contributed by atoms with Crippen molar-refractivity contribution < 1.29 is 4.79 Å². The molecule has 7 nitrogen and oxygen atoms in total. The zero-order valence-electron chi connectivity index (χ0n) is 17.3. The van der Waals surface area contributed by atoms with Crippen LogP contribution >= 0.6 is 35.2 Å². The third kappa shape index (κ3) is 5.01. The molecule has 0 saturated carbocycles. The van der Waals surface area contributed by atoms with Crippen molar-refractivity contribution in [2.45, 2.75) is 20.3 Å². The fourth-order valence-corrected chi connectivity index (χ4v) is 4.13. The Morgan fingerprint density at radius 3 is 2.75 bits per heavy atom. The van der Waals surface area contributed by atoms with Crippen molar-refractivity contribution >= 4 is 62.9 Å². The van der Waals surface area contributed by atoms with Crippen molar-refractivity contribution in [3.8, 4) is 10.6 Å². The van der Waals surface area contributed by atoms with Gasteiger partial charge in [-0.3, -0.25) is 10.1 Å². The number of nitrogens with one attached hydrogen (secondary N) is 2. The molecule has 0 unspecified atom stereocenters. The highest BCUT2D eigenvalue weighted by Crippen LogP contribution is 2.29. The molecule has 0 atom stereocenters. The minimum atomic E-state index is -0.327. The van der Waals surface area contributed by atoms with Crippen molar-refractivity contribution in [1.29, 1.82) is 0 Å². The van der Waals surface area contributed by atoms with Gasteiger partial charge in [-0.05, 0) is 54.5 Å². The first kappa shape index (κ1) is 22.1. The van der Waals surface area contributed by atoms with Crippen LogP contribution in [0.4, 0.5) is 5.69 Å². The van der Waals surface area contributed by atoms with Gasteiger partial charge in [0.2, 0.25) is 10.9 Å². The molecule has 2 aromatic carbocycles. The zero-order valence-corrected chi connectivity index (χ0v) is 19.7. The SMILES string of the molecule is CCc1nnc2sc(-c3ccc(C)c(NC(=S)NC(=O)C=Cc4ccc(Cl)cc4)c3)nn12. The van der Waals surface area contributed by atoms with Gasteiger partial charge in [0, 0.05) is 28.8 Å². The van der Waals surface area contributed by atoms with E-state index < -0.39 is 0 Å². The average molecular weight is 483 g/mol. The van der Waals surface area contributed by atoms with Crippen molar-refractivity contribution in [3.63, 3.8) is 0 Å². The lowest BCUT2D eigenvalue weighted by Crippen LogP contribution is -2.33. The largest absolute Gasteiger partial charge is 0.332 e. The lowest BCUT2D eigenvalue weighted by molar-refractivity contribution is -0.115. The first-order valence-corrected chi connectivity index (χ1v) is 11.4. The highest BCUT2D eigenvalue weighted by Gasteiger charge is 2.13. The van der Waals surface area contributed by atoms with E-state index >= 15 is 0 Å². The van der Waals surface area contributed by atoms with E-state index in [0.717, 1.165) is 44.6 Å². The summed E-state index contributed by atoms with van der Waals surface area (Å²) in [5.41, 5.74) is 3.56. The smallest absolute Gasteiger partial charge is 0.250 e. The van der Waals surface area contributed by atoms with Crippen LogP contribution in [0.5, 0.6) is 0 Å². The van der Waals surface area contributed by atoms with Gasteiger partial charge in [-0.1, -0.05) is 54.1 Å². The minimum absolute atomic E-state index is 0.211. The van der Waals surface area contributed by atoms with E-state index in [0.29, 0.717) is 5.02 Å². The predicted molar refractivity (Wildman–Crippen MR) is 133 cm³/mol. The molecule has 2 heterocycles. The maximum atomic E-state index is 12.2. The second kappa shape index (κ2) is 9.56. The molecule has 0 spiro atoms. The quantitative estimate of drug-likeness (QED) is 0.311. The molecule has 10 heteroatoms. The van der Waals surface area contributed by atoms with Crippen LogP contribution in [0.15, 0.2) is 48.5 Å². The molecule has 2 N–H and O–H groups in total. The Bertz CT molecular complexity index is 1330. The lowest BCUT2D eigenvalue weighted by atomic mass is 10.1. The molecular weight excluding hydrogens is 464 g/mol. The topological polar surface area (TPSA) is 84.2 Å². The molecule has 32 heavy (non-hydrogen) atoms. The van der Waals surface area contributed by atoms with E-state index in [1.54, 1.807) is 22.7 Å². The van der Waals surface area contributed by atoms with Gasteiger partial charge in [0.25, 0.3) is 0 Å². The molecule has 0 bridgehead atoms. The van der Waals surface area contributed by atoms with Crippen LogP contribution in [0.2, 0.25) is 5.02 Å². The molecule has 0 radical (unpaired) electrons. The summed E-state index contributed by atoms with van der Waals surface area (Å²) in [6.07, 6.45) is 3.87. The second-order valence-electron chi connectivity index (χ2n) is 6.93. The standard InChI is InChI=1S/C22H19ClN6OS2/c1-3-18-26-27-22-29(18)28-20(32-22)15-8-4-13(2)17(12-15)24-21(31)25-19(30)11-7-14-5-9-16(23)10-6-14/h4-12H,3H2,1-2H3,(H2,24,25,30,31). The van der Waals surface area contributed by atoms with Gasteiger partial charge < -0.3 is 5.32 Å². The number of hydrogen-bond acceptors (Lipinski definition) is 6. The molecule has 0 aliphatic carbocycles. The van der Waals surface area contributed by atoms with Crippen molar-refractivity contribution in [1.82, 2.24) is 25.1 Å². The number of halogens is 1. The predicted octanol–water partition coefficient (Wildman–Crippen LogP) is 4.90. The molecule has 0 aliphatic rings. The van der Waals surface area contributed by atoms with Crippen molar-refractivity contribution in [2.24, 2.45) is 0 Å². The number of aryl methyl sites for hydroxylation is 2. The Morgan fingerprint density at radius 2 is 2.00 bits per heavy atom. The highest BCUT2D eigenvalue weighted by molar-refractivity contribution is 7.80. The monoisotopic (exact) mass is 482 g/mol. The summed E-state index contributed by atoms with van der Waals surface area (Å²) in [6, 6.07) is 13.1. The van der Waals surface area contributed by atoms with Crippen LogP contribution in [0.25, 0.3) is 21.6 Å². The van der Waals surface area contributed by atoms with Crippen LogP contribution in [0.3, 0.4) is 0 Å². The molecule has 162 valence electrons. The fourth-order valence-electron chi connectivity index (χ4n) is 2.94. The van der Waals surface area contributed by atoms with E-state index in [4.69, 9.17) is 23.8 Å². The van der Waals surface area contributed by atoms with Gasteiger partial charge in [0.15, 0.2) is 10.9 Å². The Kier molecular flexibility index (Phi) is 6.59. The molecule has 4 rings (SSSR count). The average Bonchev–Trinajstić information content (AvgIpc) is 3.35. The number of carbonyl (C=O) groups excluding carboxylic acids is 1. The lowest BCUT2D eigenvalue weighted by Gasteiger charge is -2.12. The van der Waals surface area contributed by atoms with E-state index in [1.165, 1.54) is 17.4 Å². The third-order valence-electron chi connectivity index (χ3n) is 4.64. The number of rotatable bonds is 5. The number of aromatic nitrogens is 4. The zero-order chi connectivity index (χ0) is 22.7. The van der Waals surface area contributed by atoms with Crippen molar-refractivity contribution in [2.75, 3.05) is 5.32 Å². The number of carbonyl (C=O) groups is 1. The maximum Gasteiger partial charge on any atom is 0.250 e. The Hall–Kier alpha value is -3.14.